The molecule has 1 aliphatic heterocycles. The van der Waals surface area contributed by atoms with Crippen LogP contribution < -0.4 is 10.6 Å². The van der Waals surface area contributed by atoms with Gasteiger partial charge in [0.1, 0.15) is 0 Å². The summed E-state index contributed by atoms with van der Waals surface area (Å²) in [6, 6.07) is 14.5. The summed E-state index contributed by atoms with van der Waals surface area (Å²) in [6.45, 7) is 6.50. The van der Waals surface area contributed by atoms with Crippen LogP contribution in [0.15, 0.2) is 53.7 Å². The third-order valence-corrected chi connectivity index (χ3v) is 4.88. The Labute approximate surface area is 190 Å². The smallest absolute Gasteiger partial charge is 0.191 e. The molecule has 0 saturated carbocycles. The van der Waals surface area contributed by atoms with Crippen LogP contribution in [0, 0.1) is 0 Å². The van der Waals surface area contributed by atoms with Crippen LogP contribution in [0.4, 0.5) is 0 Å². The Bertz CT molecular complexity index is 756. The van der Waals surface area contributed by atoms with Crippen LogP contribution >= 0.6 is 24.0 Å². The Balaban J connectivity index is 0.00000300. The molecule has 3 rings (SSSR count). The zero-order valence-electron chi connectivity index (χ0n) is 17.1. The highest BCUT2D eigenvalue weighted by Gasteiger charge is 2.18. The third-order valence-electron chi connectivity index (χ3n) is 4.88. The lowest BCUT2D eigenvalue weighted by Gasteiger charge is -2.30. The molecule has 1 aliphatic rings. The van der Waals surface area contributed by atoms with E-state index in [-0.39, 0.29) is 24.0 Å². The van der Waals surface area contributed by atoms with Crippen LogP contribution in [0.5, 0.6) is 0 Å². The first-order valence-corrected chi connectivity index (χ1v) is 10.1. The number of rotatable bonds is 8. The summed E-state index contributed by atoms with van der Waals surface area (Å²) in [4.78, 5) is 11.2. The van der Waals surface area contributed by atoms with Crippen molar-refractivity contribution in [3.8, 4) is 0 Å². The first-order valence-electron chi connectivity index (χ1n) is 10.1. The summed E-state index contributed by atoms with van der Waals surface area (Å²) in [6.07, 6.45) is 3.21. The molecule has 0 amide bonds. The van der Waals surface area contributed by atoms with Crippen molar-refractivity contribution in [2.24, 2.45) is 4.99 Å². The van der Waals surface area contributed by atoms with Gasteiger partial charge in [0.2, 0.25) is 0 Å². The van der Waals surface area contributed by atoms with E-state index in [2.05, 4.69) is 49.8 Å². The fourth-order valence-electron chi connectivity index (χ4n) is 3.46. The maximum Gasteiger partial charge on any atom is 0.191 e. The number of benzene rings is 1. The zero-order chi connectivity index (χ0) is 19.6. The number of nitrogens with zero attached hydrogens (tertiary/aromatic N) is 3. The summed E-state index contributed by atoms with van der Waals surface area (Å²) in [5.74, 6) is 0.737. The number of guanidine groups is 1. The molecule has 6 nitrogen and oxygen atoms in total. The lowest BCUT2D eigenvalue weighted by Crippen LogP contribution is -2.40. The molecule has 158 valence electrons. The van der Waals surface area contributed by atoms with Crippen molar-refractivity contribution >= 4 is 29.9 Å². The normalized spacial score (nSPS) is 15.2. The van der Waals surface area contributed by atoms with E-state index in [9.17, 15) is 5.11 Å². The van der Waals surface area contributed by atoms with Gasteiger partial charge in [-0.2, -0.15) is 0 Å². The molecule has 7 heteroatoms. The van der Waals surface area contributed by atoms with Crippen LogP contribution in [0.1, 0.15) is 23.7 Å². The number of hydrogen-bond donors (Lipinski definition) is 3. The molecule has 29 heavy (non-hydrogen) atoms. The number of aromatic nitrogens is 1. The molecule has 0 saturated heterocycles. The summed E-state index contributed by atoms with van der Waals surface area (Å²) in [5, 5.41) is 17.0. The van der Waals surface area contributed by atoms with Crippen molar-refractivity contribution in [1.29, 1.82) is 0 Å². The molecular formula is C22H32IN5O. The van der Waals surface area contributed by atoms with E-state index in [1.165, 1.54) is 11.1 Å². The Morgan fingerprint density at radius 3 is 2.72 bits per heavy atom. The van der Waals surface area contributed by atoms with E-state index in [1.807, 2.05) is 31.3 Å². The van der Waals surface area contributed by atoms with Gasteiger partial charge < -0.3 is 15.7 Å². The fraction of sp³-hybridized carbons (Fsp3) is 0.455. The average molecular weight is 509 g/mol. The highest BCUT2D eigenvalue weighted by Crippen LogP contribution is 2.18. The Kier molecular flexibility index (Phi) is 10.4. The molecule has 1 unspecified atom stereocenters. The van der Waals surface area contributed by atoms with Gasteiger partial charge in [-0.1, -0.05) is 30.3 Å². The molecule has 1 aromatic heterocycles. The molecule has 0 spiro atoms. The van der Waals surface area contributed by atoms with E-state index < -0.39 is 6.10 Å². The number of pyridine rings is 1. The maximum absolute atomic E-state index is 10.5. The molecule has 0 bridgehead atoms. The quantitative estimate of drug-likeness (QED) is 0.289. The van der Waals surface area contributed by atoms with Crippen molar-refractivity contribution in [3.05, 3.63) is 65.5 Å². The number of aliphatic hydroxyl groups excluding tert-OH is 1. The number of halogens is 1. The minimum atomic E-state index is -0.475. The highest BCUT2D eigenvalue weighted by molar-refractivity contribution is 14.0. The van der Waals surface area contributed by atoms with Crippen LogP contribution in [-0.2, 0) is 19.4 Å². The molecule has 0 fully saturated rings. The largest absolute Gasteiger partial charge is 0.390 e. The van der Waals surface area contributed by atoms with Gasteiger partial charge in [0.05, 0.1) is 12.6 Å². The topological polar surface area (TPSA) is 72.8 Å². The number of nitrogens with one attached hydrogen (secondary N) is 2. The lowest BCUT2D eigenvalue weighted by molar-refractivity contribution is 0.111. The van der Waals surface area contributed by atoms with Crippen molar-refractivity contribution in [2.45, 2.75) is 32.4 Å². The summed E-state index contributed by atoms with van der Waals surface area (Å²) in [5.41, 5.74) is 3.85. The molecule has 2 heterocycles. The van der Waals surface area contributed by atoms with E-state index in [4.69, 9.17) is 0 Å². The van der Waals surface area contributed by atoms with Crippen LogP contribution in [-0.4, -0.2) is 59.8 Å². The SMILES string of the molecule is CCNC(=NCC(O)CN1CCc2ccccc2C1)NCCc1ccccn1.I. The van der Waals surface area contributed by atoms with Gasteiger partial charge >= 0.3 is 0 Å². The second-order valence-corrected chi connectivity index (χ2v) is 7.13. The van der Waals surface area contributed by atoms with E-state index >= 15 is 0 Å². The molecule has 2 aromatic rings. The van der Waals surface area contributed by atoms with E-state index in [1.54, 1.807) is 0 Å². The minimum absolute atomic E-state index is 0. The van der Waals surface area contributed by atoms with Gasteiger partial charge in [0, 0.05) is 51.0 Å². The second-order valence-electron chi connectivity index (χ2n) is 7.13. The van der Waals surface area contributed by atoms with Gasteiger partial charge in [-0.25, -0.2) is 0 Å². The van der Waals surface area contributed by atoms with Gasteiger partial charge in [0.15, 0.2) is 5.96 Å². The van der Waals surface area contributed by atoms with Gasteiger partial charge in [-0.15, -0.1) is 24.0 Å². The monoisotopic (exact) mass is 509 g/mol. The number of fused-ring (bicyclic) bond motifs is 1. The summed E-state index contributed by atoms with van der Waals surface area (Å²) < 4.78 is 0. The van der Waals surface area contributed by atoms with Crippen molar-refractivity contribution in [2.75, 3.05) is 32.7 Å². The Morgan fingerprint density at radius 1 is 1.17 bits per heavy atom. The van der Waals surface area contributed by atoms with Crippen molar-refractivity contribution in [3.63, 3.8) is 0 Å². The summed E-state index contributed by atoms with van der Waals surface area (Å²) >= 11 is 0. The first kappa shape index (κ1) is 23.6. The third kappa shape index (κ3) is 7.91. The van der Waals surface area contributed by atoms with Crippen molar-refractivity contribution < 1.29 is 5.11 Å². The second kappa shape index (κ2) is 12.8. The van der Waals surface area contributed by atoms with Crippen LogP contribution in [0.3, 0.4) is 0 Å². The number of aliphatic imine (C=N–C) groups is 1. The number of β-amino-alcohol motifs (C(OH)–C–C–N with tert-alkyl or cyclic N) is 1. The van der Waals surface area contributed by atoms with E-state index in [0.29, 0.717) is 13.1 Å². The highest BCUT2D eigenvalue weighted by atomic mass is 127. The molecule has 1 aromatic carbocycles. The number of hydrogen-bond acceptors (Lipinski definition) is 4. The Hall–Kier alpha value is -1.71. The number of aliphatic hydroxyl groups is 1. The molecule has 0 radical (unpaired) electrons. The van der Waals surface area contributed by atoms with E-state index in [0.717, 1.165) is 50.7 Å². The Morgan fingerprint density at radius 2 is 1.97 bits per heavy atom. The predicted molar refractivity (Wildman–Crippen MR) is 129 cm³/mol. The van der Waals surface area contributed by atoms with Crippen LogP contribution in [0.2, 0.25) is 0 Å². The van der Waals surface area contributed by atoms with Gasteiger partial charge in [-0.3, -0.25) is 14.9 Å². The standard InChI is InChI=1S/C22H31N5O.HI/c1-2-23-22(25-13-10-20-9-5-6-12-24-20)26-15-21(28)17-27-14-11-18-7-3-4-8-19(18)16-27;/h3-9,12,21,28H,2,10-11,13-17H2,1H3,(H2,23,25,26);1H. The van der Waals surface area contributed by atoms with Crippen molar-refractivity contribution in [1.82, 2.24) is 20.5 Å². The predicted octanol–water partition coefficient (Wildman–Crippen LogP) is 2.22. The average Bonchev–Trinajstić information content (AvgIpc) is 2.73. The van der Waals surface area contributed by atoms with Gasteiger partial charge in [-0.05, 0) is 36.6 Å². The molecule has 3 N–H and O–H groups in total. The van der Waals surface area contributed by atoms with Crippen LogP contribution in [0.25, 0.3) is 0 Å². The minimum Gasteiger partial charge on any atom is -0.390 e. The zero-order valence-corrected chi connectivity index (χ0v) is 19.4. The summed E-state index contributed by atoms with van der Waals surface area (Å²) in [7, 11) is 0. The molecule has 0 aliphatic carbocycles. The maximum atomic E-state index is 10.5. The molecule has 1 atom stereocenters. The fourth-order valence-corrected chi connectivity index (χ4v) is 3.46. The molecular weight excluding hydrogens is 477 g/mol. The van der Waals surface area contributed by atoms with Gasteiger partial charge in [0.25, 0.3) is 0 Å². The lowest BCUT2D eigenvalue weighted by atomic mass is 10.00. The first-order chi connectivity index (χ1) is 13.7.